The highest BCUT2D eigenvalue weighted by Gasteiger charge is 2.74. The van der Waals surface area contributed by atoms with Crippen molar-refractivity contribution in [2.45, 2.75) is 53.0 Å². The van der Waals surface area contributed by atoms with Crippen molar-refractivity contribution in [2.24, 2.45) is 5.92 Å². The van der Waals surface area contributed by atoms with Crippen LogP contribution in [-0.4, -0.2) is 62.2 Å². The first-order valence-corrected chi connectivity index (χ1v) is 15.9. The van der Waals surface area contributed by atoms with Crippen LogP contribution >= 0.6 is 0 Å². The molecule has 0 saturated carbocycles. The number of rotatable bonds is 4. The van der Waals surface area contributed by atoms with Gasteiger partial charge in [0.05, 0.1) is 10.9 Å². The number of hydrogen-bond acceptors (Lipinski definition) is 5. The van der Waals surface area contributed by atoms with E-state index in [1.165, 1.54) is 4.90 Å². The zero-order valence-electron chi connectivity index (χ0n) is 21.7. The molecule has 2 atom stereocenters. The molecule has 0 aromatic heterocycles. The molecule has 5 rings (SSSR count). The fraction of sp³-hybridized carbons (Fsp3) is 0.500. The van der Waals surface area contributed by atoms with Crippen LogP contribution in [0, 0.1) is 16.5 Å². The lowest BCUT2D eigenvalue weighted by molar-refractivity contribution is -0.348. The zero-order valence-corrected chi connectivity index (χ0v) is 23.3. The van der Waals surface area contributed by atoms with Crippen molar-refractivity contribution in [3.63, 3.8) is 0 Å². The number of anilines is 1. The largest absolute Gasteiger partial charge is 0.435 e. The van der Waals surface area contributed by atoms with Gasteiger partial charge in [-0.25, -0.2) is 17.2 Å². The van der Waals surface area contributed by atoms with Crippen molar-refractivity contribution in [3.05, 3.63) is 59.4 Å². The summed E-state index contributed by atoms with van der Waals surface area (Å²) in [5, 5.41) is 2.65. The predicted octanol–water partition coefficient (Wildman–Crippen LogP) is 5.60. The molecule has 1 amide bonds. The van der Waals surface area contributed by atoms with Crippen molar-refractivity contribution in [1.29, 1.82) is 4.78 Å². The average Bonchev–Trinajstić information content (AvgIpc) is 3.33. The van der Waals surface area contributed by atoms with Crippen molar-refractivity contribution in [2.75, 3.05) is 29.9 Å². The Morgan fingerprint density at radius 1 is 0.976 bits per heavy atom. The SMILES string of the molecule is N=S1CCC(C(=O)N2CCC3(S(=O)(=O)c4ccc(F)cc4)c4ccc(C(F)(C(F)(F)F)C(F)(F)F)cc4NCC23)CC1. The summed E-state index contributed by atoms with van der Waals surface area (Å²) in [6.07, 6.45) is -12.2. The van der Waals surface area contributed by atoms with E-state index < -0.39 is 72.3 Å². The molecule has 2 aromatic carbocycles. The number of alkyl halides is 7. The van der Waals surface area contributed by atoms with Crippen LogP contribution in [0.25, 0.3) is 0 Å². The second-order valence-corrected chi connectivity index (χ2v) is 14.6. The third-order valence-electron chi connectivity index (χ3n) is 8.44. The van der Waals surface area contributed by atoms with Crippen LogP contribution in [0.4, 0.5) is 40.8 Å². The minimum absolute atomic E-state index is 0.0892. The minimum atomic E-state index is -6.37. The predicted molar refractivity (Wildman–Crippen MR) is 138 cm³/mol. The summed E-state index contributed by atoms with van der Waals surface area (Å²) in [4.78, 5) is 14.6. The first-order chi connectivity index (χ1) is 19.4. The van der Waals surface area contributed by atoms with Gasteiger partial charge in [-0.1, -0.05) is 12.1 Å². The molecule has 3 aliphatic heterocycles. The van der Waals surface area contributed by atoms with E-state index in [-0.39, 0.29) is 41.9 Å². The van der Waals surface area contributed by atoms with Crippen LogP contribution in [0.1, 0.15) is 30.4 Å². The Hall–Kier alpha value is -2.75. The fourth-order valence-electron chi connectivity index (χ4n) is 6.26. The van der Waals surface area contributed by atoms with E-state index in [0.29, 0.717) is 30.4 Å². The number of benzene rings is 2. The zero-order chi connectivity index (χ0) is 30.9. The number of halogens is 8. The molecule has 2 fully saturated rings. The van der Waals surface area contributed by atoms with Crippen molar-refractivity contribution < 1.29 is 48.3 Å². The summed E-state index contributed by atoms with van der Waals surface area (Å²) in [6.45, 7) is -0.455. The van der Waals surface area contributed by atoms with Gasteiger partial charge in [0.25, 0.3) is 0 Å². The standard InChI is InChI=1S/C26H25F8N3O3S2/c27-17-2-4-18(5-3-17)42(39,40)23-9-10-37(22(38)15-7-11-41(35)12-8-15)21(23)14-36-20-13-16(1-6-19(20)23)24(28,25(29,30)31)26(32,33)34/h1-6,13,15,21,35-36H,7-12,14H2. The lowest BCUT2D eigenvalue weighted by atomic mass is 9.83. The van der Waals surface area contributed by atoms with Gasteiger partial charge in [0.15, 0.2) is 9.84 Å². The van der Waals surface area contributed by atoms with Gasteiger partial charge in [0.1, 0.15) is 10.6 Å². The maximum absolute atomic E-state index is 14.9. The summed E-state index contributed by atoms with van der Waals surface area (Å²) in [6, 6.07) is 3.96. The number of hydrogen-bond donors (Lipinski definition) is 2. The first kappa shape index (κ1) is 30.7. The number of nitrogens with zero attached hydrogens (tertiary/aromatic N) is 1. The van der Waals surface area contributed by atoms with E-state index in [1.54, 1.807) is 0 Å². The summed E-state index contributed by atoms with van der Waals surface area (Å²) < 4.78 is 144. The highest BCUT2D eigenvalue weighted by atomic mass is 32.2. The molecule has 16 heteroatoms. The Balaban J connectivity index is 1.66. The van der Waals surface area contributed by atoms with Crippen LogP contribution in [-0.2, 0) is 35.7 Å². The van der Waals surface area contributed by atoms with Crippen molar-refractivity contribution >= 4 is 32.1 Å². The number of fused-ring (bicyclic) bond motifs is 3. The summed E-state index contributed by atoms with van der Waals surface area (Å²) in [7, 11) is -5.16. The topological polar surface area (TPSA) is 90.3 Å². The molecule has 0 spiro atoms. The van der Waals surface area contributed by atoms with Gasteiger partial charge in [-0.2, -0.15) is 26.3 Å². The Morgan fingerprint density at radius 2 is 1.57 bits per heavy atom. The molecular formula is C26H25F8N3O3S2. The molecule has 2 unspecified atom stereocenters. The Bertz CT molecular complexity index is 1500. The number of carbonyl (C=O) groups is 1. The number of nitrogens with one attached hydrogen (secondary N) is 2. The molecule has 2 N–H and O–H groups in total. The summed E-state index contributed by atoms with van der Waals surface area (Å²) in [5.74, 6) is -0.571. The molecule has 0 radical (unpaired) electrons. The van der Waals surface area contributed by atoms with Gasteiger partial charge < -0.3 is 10.2 Å². The molecule has 3 heterocycles. The Morgan fingerprint density at radius 3 is 2.14 bits per heavy atom. The number of likely N-dealkylation sites (tertiary alicyclic amines) is 1. The van der Waals surface area contributed by atoms with E-state index in [1.807, 2.05) is 0 Å². The van der Waals surface area contributed by atoms with E-state index in [2.05, 4.69) is 5.32 Å². The number of amides is 1. The van der Waals surface area contributed by atoms with Gasteiger partial charge >= 0.3 is 18.0 Å². The number of carbonyl (C=O) groups excluding carboxylic acids is 1. The highest BCUT2D eigenvalue weighted by Crippen LogP contribution is 2.57. The van der Waals surface area contributed by atoms with E-state index in [0.717, 1.165) is 30.3 Å². The maximum Gasteiger partial charge on any atom is 0.435 e. The van der Waals surface area contributed by atoms with Gasteiger partial charge in [0.2, 0.25) is 5.91 Å². The smallest absolute Gasteiger partial charge is 0.383 e. The van der Waals surface area contributed by atoms with Crippen LogP contribution in [0.15, 0.2) is 47.4 Å². The van der Waals surface area contributed by atoms with E-state index in [4.69, 9.17) is 4.78 Å². The Labute approximate surface area is 238 Å². The molecule has 42 heavy (non-hydrogen) atoms. The van der Waals surface area contributed by atoms with Gasteiger partial charge in [-0.3, -0.25) is 9.57 Å². The summed E-state index contributed by atoms with van der Waals surface area (Å²) in [5.41, 5.74) is -8.17. The molecule has 0 aliphatic carbocycles. The van der Waals surface area contributed by atoms with Crippen LogP contribution in [0.3, 0.4) is 0 Å². The number of sulfone groups is 1. The normalized spacial score (nSPS) is 26.8. The van der Waals surface area contributed by atoms with Gasteiger partial charge in [0, 0.05) is 41.8 Å². The maximum atomic E-state index is 14.9. The molecular weight excluding hydrogens is 618 g/mol. The average molecular weight is 644 g/mol. The molecule has 2 aromatic rings. The van der Waals surface area contributed by atoms with Gasteiger partial charge in [-0.15, -0.1) is 10.7 Å². The third kappa shape index (κ3) is 4.50. The van der Waals surface area contributed by atoms with Crippen LogP contribution in [0.2, 0.25) is 0 Å². The fourth-order valence-corrected chi connectivity index (χ4v) is 9.91. The van der Waals surface area contributed by atoms with Crippen molar-refractivity contribution in [1.82, 2.24) is 4.90 Å². The first-order valence-electron chi connectivity index (χ1n) is 12.9. The van der Waals surface area contributed by atoms with Crippen molar-refractivity contribution in [3.8, 4) is 0 Å². The summed E-state index contributed by atoms with van der Waals surface area (Å²) >= 11 is 0. The minimum Gasteiger partial charge on any atom is -0.383 e. The molecule has 3 aliphatic rings. The monoisotopic (exact) mass is 643 g/mol. The van der Waals surface area contributed by atoms with Crippen LogP contribution in [0.5, 0.6) is 0 Å². The quantitative estimate of drug-likeness (QED) is 0.336. The second-order valence-electron chi connectivity index (χ2n) is 10.6. The van der Waals surface area contributed by atoms with Gasteiger partial charge in [-0.05, 0) is 55.2 Å². The molecule has 0 bridgehead atoms. The third-order valence-corrected chi connectivity index (χ3v) is 12.4. The highest BCUT2D eigenvalue weighted by molar-refractivity contribution is 7.92. The lowest BCUT2D eigenvalue weighted by Gasteiger charge is -2.44. The lowest BCUT2D eigenvalue weighted by Crippen LogP contribution is -2.56. The molecule has 6 nitrogen and oxygen atoms in total. The van der Waals surface area contributed by atoms with Crippen LogP contribution < -0.4 is 5.32 Å². The molecule has 230 valence electrons. The molecule has 2 saturated heterocycles. The van der Waals surface area contributed by atoms with E-state index >= 15 is 0 Å². The van der Waals surface area contributed by atoms with E-state index in [9.17, 15) is 48.3 Å². The second kappa shape index (κ2) is 10.2. The Kier molecular flexibility index (Phi) is 7.43.